The van der Waals surface area contributed by atoms with E-state index in [1.165, 1.54) is 0 Å². The first-order chi connectivity index (χ1) is 8.24. The summed E-state index contributed by atoms with van der Waals surface area (Å²) in [6, 6.07) is 0. The molecule has 0 rings (SSSR count). The molecule has 5 heteroatoms. The second-order valence-electron chi connectivity index (χ2n) is 6.01. The van der Waals surface area contributed by atoms with E-state index in [9.17, 15) is 3.76 Å². The number of nitrogens with one attached hydrogen (secondary N) is 4. The van der Waals surface area contributed by atoms with Crippen LogP contribution in [0.3, 0.4) is 0 Å². The first kappa shape index (κ1) is 18.4. The van der Waals surface area contributed by atoms with Crippen LogP contribution in [0, 0.1) is 3.76 Å². The van der Waals surface area contributed by atoms with Crippen LogP contribution in [0.15, 0.2) is 0 Å². The van der Waals surface area contributed by atoms with Crippen molar-refractivity contribution < 1.29 is 16.4 Å². The molecule has 0 bridgehead atoms. The second-order valence-corrected chi connectivity index (χ2v) is 22.3. The zero-order valence-electron chi connectivity index (χ0n) is 13.2. The number of hydrogen-bond donors (Lipinski definition) is 4. The van der Waals surface area contributed by atoms with E-state index >= 15 is 0 Å². The molecule has 0 atom stereocenters. The minimum absolute atomic E-state index is 0.0505. The summed E-state index contributed by atoms with van der Waals surface area (Å²) in [6.45, 7) is 15.8. The Morgan fingerprint density at radius 1 is 0.778 bits per heavy atom. The van der Waals surface area contributed by atoms with Crippen LogP contribution >= 0.6 is 0 Å². The molecule has 0 aromatic carbocycles. The molecule has 0 aliphatic rings. The van der Waals surface area contributed by atoms with E-state index in [0.717, 1.165) is 38.9 Å². The van der Waals surface area contributed by atoms with Crippen molar-refractivity contribution in [2.45, 2.75) is 64.4 Å². The van der Waals surface area contributed by atoms with Crippen molar-refractivity contribution in [3.8, 4) is 0 Å². The summed E-state index contributed by atoms with van der Waals surface area (Å²) in [7, 11) is 0. The van der Waals surface area contributed by atoms with E-state index in [1.807, 2.05) is 0 Å². The van der Waals surface area contributed by atoms with Crippen molar-refractivity contribution in [1.82, 2.24) is 11.2 Å². The molecular formula is C13H34N4Ta. The Morgan fingerprint density at radius 2 is 1.06 bits per heavy atom. The van der Waals surface area contributed by atoms with Crippen LogP contribution in [0.5, 0.6) is 0 Å². The summed E-state index contributed by atoms with van der Waals surface area (Å²) in [5.41, 5.74) is 0. The normalized spacial score (nSPS) is 15.3. The van der Waals surface area contributed by atoms with Crippen molar-refractivity contribution in [3.05, 3.63) is 0 Å². The summed E-state index contributed by atoms with van der Waals surface area (Å²) in [5.74, 6) is 0. The summed E-state index contributed by atoms with van der Waals surface area (Å²) >= 11 is -4.12. The van der Waals surface area contributed by atoms with Crippen molar-refractivity contribution >= 4 is 0 Å². The van der Waals surface area contributed by atoms with Gasteiger partial charge in [0.1, 0.15) is 0 Å². The minimum atomic E-state index is -4.12. The maximum absolute atomic E-state index is 9.31. The van der Waals surface area contributed by atoms with Crippen LogP contribution in [0.25, 0.3) is 0 Å². The number of rotatable bonds is 9. The van der Waals surface area contributed by atoms with Gasteiger partial charge in [0, 0.05) is 0 Å². The van der Waals surface area contributed by atoms with Crippen LogP contribution in [0.4, 0.5) is 0 Å². The predicted octanol–water partition coefficient (Wildman–Crippen LogP) is 3.40. The second kappa shape index (κ2) is 7.27. The Labute approximate surface area is 115 Å². The van der Waals surface area contributed by atoms with Crippen LogP contribution < -0.4 is 11.2 Å². The Hall–Kier alpha value is 0.420. The van der Waals surface area contributed by atoms with Gasteiger partial charge in [0.05, 0.1) is 0 Å². The Kier molecular flexibility index (Phi) is 7.44. The zero-order valence-corrected chi connectivity index (χ0v) is 16.4. The van der Waals surface area contributed by atoms with Gasteiger partial charge in [-0.1, -0.05) is 0 Å². The number of hydrogen-bond acceptors (Lipinski definition) is 1. The van der Waals surface area contributed by atoms with Crippen LogP contribution in [0.1, 0.15) is 60.8 Å². The molecule has 0 aliphatic carbocycles. The molecule has 0 aromatic rings. The molecule has 4 N–H and O–H groups in total. The molecule has 18 heavy (non-hydrogen) atoms. The van der Waals surface area contributed by atoms with Crippen LogP contribution in [0.2, 0.25) is 3.63 Å². The van der Waals surface area contributed by atoms with E-state index in [0.29, 0.717) is 0 Å². The summed E-state index contributed by atoms with van der Waals surface area (Å²) in [5, 5.41) is 0. The van der Waals surface area contributed by atoms with Gasteiger partial charge < -0.3 is 0 Å². The molecule has 0 radical (unpaired) electrons. The topological polar surface area (TPSA) is 59.9 Å². The Bertz CT molecular complexity index is 263. The molecule has 0 aromatic heterocycles. The predicted molar refractivity (Wildman–Crippen MR) is 77.3 cm³/mol. The molecule has 0 fully saturated rings. The van der Waals surface area contributed by atoms with Gasteiger partial charge in [0.25, 0.3) is 0 Å². The first-order valence-corrected chi connectivity index (χ1v) is 15.3. The summed E-state index contributed by atoms with van der Waals surface area (Å²) in [6.07, 6.45) is 3.21. The van der Waals surface area contributed by atoms with Crippen LogP contribution in [-0.4, -0.2) is 19.6 Å². The van der Waals surface area contributed by atoms with Gasteiger partial charge in [-0.25, -0.2) is 0 Å². The average Bonchev–Trinajstić information content (AvgIpc) is 2.31. The monoisotopic (exact) mass is 427 g/mol. The van der Waals surface area contributed by atoms with E-state index in [2.05, 4.69) is 52.7 Å². The van der Waals surface area contributed by atoms with Gasteiger partial charge in [-0.3, -0.25) is 0 Å². The van der Waals surface area contributed by atoms with Crippen LogP contribution in [-0.2, 0) is 16.4 Å². The van der Waals surface area contributed by atoms with Gasteiger partial charge in [-0.2, -0.15) is 0 Å². The van der Waals surface area contributed by atoms with E-state index < -0.39 is 16.4 Å². The van der Waals surface area contributed by atoms with Gasteiger partial charge in [0.2, 0.25) is 0 Å². The molecule has 111 valence electrons. The SMILES string of the molecule is CCC[NH][Ta](=[NH])([NH]CCC)([NH]CCC)[C](C)(C)C. The quantitative estimate of drug-likeness (QED) is 0.456. The molecule has 0 amide bonds. The molecule has 0 unspecified atom stereocenters. The molecule has 0 aliphatic heterocycles. The van der Waals surface area contributed by atoms with Gasteiger partial charge in [-0.05, 0) is 0 Å². The van der Waals surface area contributed by atoms with E-state index in [-0.39, 0.29) is 3.63 Å². The summed E-state index contributed by atoms with van der Waals surface area (Å²) < 4.78 is 20.1. The zero-order chi connectivity index (χ0) is 14.3. The van der Waals surface area contributed by atoms with E-state index in [1.54, 1.807) is 0 Å². The third-order valence-electron chi connectivity index (χ3n) is 3.38. The van der Waals surface area contributed by atoms with Crippen molar-refractivity contribution in [1.29, 1.82) is 3.76 Å². The standard InChI is InChI=1S/C4H9.3C3H8N.HN.Ta/c1-4(2)3;3*1-2-3-4;;/h1-3H3;3*4H,2-3H2,1H3;1H;/q;3*-1;;+3. The van der Waals surface area contributed by atoms with Crippen molar-refractivity contribution in [2.24, 2.45) is 0 Å². The average molecular weight is 427 g/mol. The molecule has 0 saturated heterocycles. The Morgan fingerprint density at radius 3 is 1.22 bits per heavy atom. The fourth-order valence-electron chi connectivity index (χ4n) is 1.89. The first-order valence-electron chi connectivity index (χ1n) is 7.30. The Balaban J connectivity index is 5.31. The van der Waals surface area contributed by atoms with E-state index in [4.69, 9.17) is 0 Å². The summed E-state index contributed by atoms with van der Waals surface area (Å²) in [4.78, 5) is 0. The molecule has 0 heterocycles. The maximum atomic E-state index is 9.31. The fourth-order valence-corrected chi connectivity index (χ4v) is 15.4. The molecular weight excluding hydrogens is 393 g/mol. The third kappa shape index (κ3) is 4.22. The van der Waals surface area contributed by atoms with Crippen molar-refractivity contribution in [2.75, 3.05) is 19.6 Å². The molecule has 0 saturated carbocycles. The molecule has 4 nitrogen and oxygen atoms in total. The van der Waals surface area contributed by atoms with Crippen molar-refractivity contribution in [3.63, 3.8) is 0 Å². The van der Waals surface area contributed by atoms with Gasteiger partial charge in [0.15, 0.2) is 0 Å². The molecule has 0 spiro atoms. The van der Waals surface area contributed by atoms with Gasteiger partial charge in [-0.15, -0.1) is 0 Å². The third-order valence-corrected chi connectivity index (χ3v) is 22.2. The fraction of sp³-hybridized carbons (Fsp3) is 1.00. The van der Waals surface area contributed by atoms with Gasteiger partial charge >= 0.3 is 115 Å².